The highest BCUT2D eigenvalue weighted by atomic mass is 16.3. The molecule has 0 aromatic rings. The number of piperidine rings is 1. The fraction of sp³-hybridized carbons (Fsp3) is 0.909. The molecule has 1 heterocycles. The van der Waals surface area contributed by atoms with Crippen molar-refractivity contribution in [3.8, 4) is 0 Å². The highest BCUT2D eigenvalue weighted by Crippen LogP contribution is 2.14. The van der Waals surface area contributed by atoms with E-state index in [1.165, 1.54) is 0 Å². The Morgan fingerprint density at radius 1 is 1.67 bits per heavy atom. The Morgan fingerprint density at radius 2 is 2.40 bits per heavy atom. The van der Waals surface area contributed by atoms with Crippen LogP contribution in [0.2, 0.25) is 0 Å². The summed E-state index contributed by atoms with van der Waals surface area (Å²) in [7, 11) is 0. The Balaban J connectivity index is 2.46. The predicted octanol–water partition coefficient (Wildman–Crippen LogP) is 0.263. The molecule has 1 fully saturated rings. The van der Waals surface area contributed by atoms with Crippen molar-refractivity contribution >= 4 is 5.91 Å². The summed E-state index contributed by atoms with van der Waals surface area (Å²) in [6, 6.07) is 0. The van der Waals surface area contributed by atoms with Gasteiger partial charge in [0, 0.05) is 6.54 Å². The van der Waals surface area contributed by atoms with Crippen LogP contribution >= 0.6 is 0 Å². The minimum absolute atomic E-state index is 0.00457. The number of hydrogen-bond acceptors (Lipinski definition) is 3. The lowest BCUT2D eigenvalue weighted by Gasteiger charge is -2.31. The van der Waals surface area contributed by atoms with Crippen LogP contribution in [0.3, 0.4) is 0 Å². The molecule has 0 spiro atoms. The summed E-state index contributed by atoms with van der Waals surface area (Å²) in [6.45, 7) is 5.61. The molecular weight excluding hydrogens is 192 g/mol. The molecule has 3 N–H and O–H groups in total. The van der Waals surface area contributed by atoms with E-state index in [0.717, 1.165) is 32.4 Å². The highest BCUT2D eigenvalue weighted by Gasteiger charge is 2.28. The number of rotatable bonds is 4. The Morgan fingerprint density at radius 3 is 2.87 bits per heavy atom. The second kappa shape index (κ2) is 5.47. The van der Waals surface area contributed by atoms with E-state index in [9.17, 15) is 9.90 Å². The third-order valence-corrected chi connectivity index (χ3v) is 3.22. The van der Waals surface area contributed by atoms with Gasteiger partial charge < -0.3 is 15.7 Å². The number of hydrogen-bond donors (Lipinski definition) is 3. The van der Waals surface area contributed by atoms with Crippen molar-refractivity contribution in [3.63, 3.8) is 0 Å². The summed E-state index contributed by atoms with van der Waals surface area (Å²) in [5.41, 5.74) is -0.464. The quantitative estimate of drug-likeness (QED) is 0.629. The van der Waals surface area contributed by atoms with Crippen LogP contribution in [0.4, 0.5) is 0 Å². The molecule has 0 saturated carbocycles. The summed E-state index contributed by atoms with van der Waals surface area (Å²) in [5.74, 6) is 0.136. The van der Waals surface area contributed by atoms with Crippen LogP contribution < -0.4 is 10.6 Å². The molecule has 4 nitrogen and oxygen atoms in total. The van der Waals surface area contributed by atoms with Crippen molar-refractivity contribution in [3.05, 3.63) is 0 Å². The molecule has 1 aliphatic heterocycles. The lowest BCUT2D eigenvalue weighted by atomic mass is 9.95. The summed E-state index contributed by atoms with van der Waals surface area (Å²) in [6.07, 6.45) is 2.75. The standard InChI is InChI=1S/C11H22N2O2/c1-3-11(2,8-14)13-10(15)9-5-4-6-12-7-9/h9,12,14H,3-8H2,1-2H3,(H,13,15)/t9-,11?/m0/s1. The molecule has 0 aliphatic carbocycles. The lowest BCUT2D eigenvalue weighted by molar-refractivity contribution is -0.127. The predicted molar refractivity (Wildman–Crippen MR) is 59.5 cm³/mol. The first kappa shape index (κ1) is 12.5. The number of nitrogens with one attached hydrogen (secondary N) is 2. The normalized spacial score (nSPS) is 25.7. The first-order valence-electron chi connectivity index (χ1n) is 5.75. The summed E-state index contributed by atoms with van der Waals surface area (Å²) >= 11 is 0. The second-order valence-electron chi connectivity index (χ2n) is 4.60. The van der Waals surface area contributed by atoms with Gasteiger partial charge in [-0.25, -0.2) is 0 Å². The van der Waals surface area contributed by atoms with Crippen molar-refractivity contribution < 1.29 is 9.90 Å². The van der Waals surface area contributed by atoms with Crippen LogP contribution in [0, 0.1) is 5.92 Å². The Bertz CT molecular complexity index is 209. The van der Waals surface area contributed by atoms with Gasteiger partial charge in [-0.05, 0) is 32.7 Å². The van der Waals surface area contributed by atoms with Crippen LogP contribution in [0.1, 0.15) is 33.1 Å². The average molecular weight is 214 g/mol. The molecule has 0 aromatic heterocycles. The molecule has 88 valence electrons. The maximum atomic E-state index is 11.9. The van der Waals surface area contributed by atoms with E-state index in [2.05, 4.69) is 10.6 Å². The third kappa shape index (κ3) is 3.47. The van der Waals surface area contributed by atoms with Gasteiger partial charge in [0.05, 0.1) is 18.1 Å². The molecule has 1 amide bonds. The molecule has 15 heavy (non-hydrogen) atoms. The SMILES string of the molecule is CCC(C)(CO)NC(=O)[C@H]1CCCNC1. The second-order valence-corrected chi connectivity index (χ2v) is 4.60. The molecule has 1 saturated heterocycles. The zero-order chi connectivity index (χ0) is 11.3. The smallest absolute Gasteiger partial charge is 0.224 e. The molecular formula is C11H22N2O2. The molecule has 4 heteroatoms. The van der Waals surface area contributed by atoms with Gasteiger partial charge in [-0.3, -0.25) is 4.79 Å². The molecule has 0 aromatic carbocycles. The number of carbonyl (C=O) groups is 1. The Labute approximate surface area is 91.4 Å². The monoisotopic (exact) mass is 214 g/mol. The summed E-state index contributed by atoms with van der Waals surface area (Å²) < 4.78 is 0. The van der Waals surface area contributed by atoms with E-state index in [4.69, 9.17) is 0 Å². The third-order valence-electron chi connectivity index (χ3n) is 3.22. The van der Waals surface area contributed by atoms with Gasteiger partial charge in [0.1, 0.15) is 0 Å². The van der Waals surface area contributed by atoms with E-state index in [1.54, 1.807) is 0 Å². The number of carbonyl (C=O) groups excluding carboxylic acids is 1. The fourth-order valence-electron chi connectivity index (χ4n) is 1.71. The zero-order valence-electron chi connectivity index (χ0n) is 9.68. The minimum atomic E-state index is -0.464. The van der Waals surface area contributed by atoms with Gasteiger partial charge >= 0.3 is 0 Å². The van der Waals surface area contributed by atoms with Gasteiger partial charge in [-0.2, -0.15) is 0 Å². The molecule has 0 bridgehead atoms. The number of amides is 1. The first-order valence-corrected chi connectivity index (χ1v) is 5.75. The summed E-state index contributed by atoms with van der Waals surface area (Å²) in [4.78, 5) is 11.9. The van der Waals surface area contributed by atoms with Crippen molar-refractivity contribution in [1.82, 2.24) is 10.6 Å². The number of aliphatic hydroxyl groups excluding tert-OH is 1. The van der Waals surface area contributed by atoms with Gasteiger partial charge in [0.2, 0.25) is 5.91 Å². The maximum absolute atomic E-state index is 11.9. The maximum Gasteiger partial charge on any atom is 0.224 e. The van der Waals surface area contributed by atoms with Crippen LogP contribution in [0.5, 0.6) is 0 Å². The van der Waals surface area contributed by atoms with Crippen molar-refractivity contribution in [2.45, 2.75) is 38.6 Å². The van der Waals surface area contributed by atoms with Gasteiger partial charge in [-0.15, -0.1) is 0 Å². The zero-order valence-corrected chi connectivity index (χ0v) is 9.68. The van der Waals surface area contributed by atoms with E-state index >= 15 is 0 Å². The van der Waals surface area contributed by atoms with Crippen LogP contribution in [0.25, 0.3) is 0 Å². The molecule has 1 rings (SSSR count). The lowest BCUT2D eigenvalue weighted by Crippen LogP contribution is -2.52. The van der Waals surface area contributed by atoms with E-state index in [1.807, 2.05) is 13.8 Å². The van der Waals surface area contributed by atoms with Crippen molar-refractivity contribution in [2.24, 2.45) is 5.92 Å². The van der Waals surface area contributed by atoms with Gasteiger partial charge in [0.25, 0.3) is 0 Å². The van der Waals surface area contributed by atoms with Crippen molar-refractivity contribution in [1.29, 1.82) is 0 Å². The Hall–Kier alpha value is -0.610. The molecule has 1 aliphatic rings. The van der Waals surface area contributed by atoms with Crippen molar-refractivity contribution in [2.75, 3.05) is 19.7 Å². The minimum Gasteiger partial charge on any atom is -0.394 e. The van der Waals surface area contributed by atoms with E-state index in [0.29, 0.717) is 0 Å². The molecule has 0 radical (unpaired) electrons. The molecule has 1 unspecified atom stereocenters. The summed E-state index contributed by atoms with van der Waals surface area (Å²) in [5, 5.41) is 15.3. The topological polar surface area (TPSA) is 61.4 Å². The largest absolute Gasteiger partial charge is 0.394 e. The number of aliphatic hydroxyl groups is 1. The molecule has 2 atom stereocenters. The van der Waals surface area contributed by atoms with Gasteiger partial charge in [0.15, 0.2) is 0 Å². The Kier molecular flexibility index (Phi) is 4.54. The van der Waals surface area contributed by atoms with E-state index in [-0.39, 0.29) is 18.4 Å². The average Bonchev–Trinajstić information content (AvgIpc) is 2.30. The van der Waals surface area contributed by atoms with Crippen LogP contribution in [-0.2, 0) is 4.79 Å². The highest BCUT2D eigenvalue weighted by molar-refractivity contribution is 5.79. The van der Waals surface area contributed by atoms with Gasteiger partial charge in [-0.1, -0.05) is 6.92 Å². The van der Waals surface area contributed by atoms with Crippen LogP contribution in [0.15, 0.2) is 0 Å². The van der Waals surface area contributed by atoms with Crippen LogP contribution in [-0.4, -0.2) is 36.2 Å². The van der Waals surface area contributed by atoms with E-state index < -0.39 is 5.54 Å². The fourth-order valence-corrected chi connectivity index (χ4v) is 1.71. The first-order chi connectivity index (χ1) is 7.11.